The van der Waals surface area contributed by atoms with E-state index in [1.54, 1.807) is 0 Å². The minimum absolute atomic E-state index is 0.0761. The number of thioether (sulfide) groups is 1. The Bertz CT molecular complexity index is 869. The van der Waals surface area contributed by atoms with Crippen LogP contribution in [0.5, 0.6) is 11.5 Å². The first-order chi connectivity index (χ1) is 12.4. The maximum absolute atomic E-state index is 12.0. The summed E-state index contributed by atoms with van der Waals surface area (Å²) in [5.41, 5.74) is 0.937. The summed E-state index contributed by atoms with van der Waals surface area (Å²) < 4.78 is 39.6. The third kappa shape index (κ3) is 3.40. The largest absolute Gasteiger partial charge is 0.454 e. The van der Waals surface area contributed by atoms with Crippen molar-refractivity contribution < 1.29 is 27.4 Å². The lowest BCUT2D eigenvalue weighted by Gasteiger charge is -2.24. The van der Waals surface area contributed by atoms with Crippen LogP contribution in [0.1, 0.15) is 5.56 Å². The standard InChI is InChI=1S/C16H18N2O6S2/c1-22-6-15(19)17-16-18(11-7-26(20,21)8-14(11)25-16)5-10-2-3-12-13(4-10)24-9-23-12/h2-4,11,14H,5-9H2,1H3/t11-,14+/m0/s1. The lowest BCUT2D eigenvalue weighted by Crippen LogP contribution is -2.37. The minimum Gasteiger partial charge on any atom is -0.454 e. The summed E-state index contributed by atoms with van der Waals surface area (Å²) in [7, 11) is -1.64. The van der Waals surface area contributed by atoms with E-state index in [-0.39, 0.29) is 42.1 Å². The fraction of sp³-hybridized carbons (Fsp3) is 0.500. The Kier molecular flexibility index (Phi) is 4.57. The van der Waals surface area contributed by atoms with Crippen molar-refractivity contribution in [2.45, 2.75) is 17.8 Å². The van der Waals surface area contributed by atoms with Crippen LogP contribution in [-0.4, -0.2) is 67.7 Å². The predicted octanol–water partition coefficient (Wildman–Crippen LogP) is 0.659. The average molecular weight is 398 g/mol. The van der Waals surface area contributed by atoms with Crippen LogP contribution in [0.3, 0.4) is 0 Å². The number of amides is 1. The van der Waals surface area contributed by atoms with E-state index < -0.39 is 9.84 Å². The molecular weight excluding hydrogens is 380 g/mol. The van der Waals surface area contributed by atoms with Crippen molar-refractivity contribution in [1.29, 1.82) is 0 Å². The van der Waals surface area contributed by atoms with Crippen LogP contribution < -0.4 is 9.47 Å². The summed E-state index contributed by atoms with van der Waals surface area (Å²) >= 11 is 1.35. The average Bonchev–Trinajstić information content (AvgIpc) is 3.22. The first-order valence-corrected chi connectivity index (χ1v) is 10.8. The van der Waals surface area contributed by atoms with Crippen molar-refractivity contribution in [2.24, 2.45) is 4.99 Å². The number of hydrogen-bond acceptors (Lipinski definition) is 7. The van der Waals surface area contributed by atoms with E-state index in [0.29, 0.717) is 23.2 Å². The summed E-state index contributed by atoms with van der Waals surface area (Å²) in [4.78, 5) is 17.9. The van der Waals surface area contributed by atoms with Gasteiger partial charge in [0.15, 0.2) is 26.5 Å². The van der Waals surface area contributed by atoms with Crippen LogP contribution in [0, 0.1) is 0 Å². The van der Waals surface area contributed by atoms with E-state index in [2.05, 4.69) is 4.99 Å². The topological polar surface area (TPSA) is 94.5 Å². The number of sulfone groups is 1. The Hall–Kier alpha value is -1.78. The molecule has 140 valence electrons. The Balaban J connectivity index is 1.61. The first kappa shape index (κ1) is 17.6. The number of methoxy groups -OCH3 is 1. The van der Waals surface area contributed by atoms with Crippen LogP contribution in [0.15, 0.2) is 23.2 Å². The highest BCUT2D eigenvalue weighted by molar-refractivity contribution is 8.15. The van der Waals surface area contributed by atoms with Gasteiger partial charge in [-0.2, -0.15) is 4.99 Å². The molecule has 4 rings (SSSR count). The van der Waals surface area contributed by atoms with Gasteiger partial charge >= 0.3 is 0 Å². The van der Waals surface area contributed by atoms with Crippen molar-refractivity contribution in [3.05, 3.63) is 23.8 Å². The van der Waals surface area contributed by atoms with Crippen LogP contribution >= 0.6 is 11.8 Å². The van der Waals surface area contributed by atoms with Crippen molar-refractivity contribution in [3.63, 3.8) is 0 Å². The Morgan fingerprint density at radius 3 is 2.96 bits per heavy atom. The van der Waals surface area contributed by atoms with Gasteiger partial charge in [0.25, 0.3) is 5.91 Å². The van der Waals surface area contributed by atoms with Gasteiger partial charge < -0.3 is 19.1 Å². The maximum atomic E-state index is 12.0. The van der Waals surface area contributed by atoms with E-state index in [1.165, 1.54) is 18.9 Å². The zero-order chi connectivity index (χ0) is 18.3. The van der Waals surface area contributed by atoms with E-state index in [1.807, 2.05) is 23.1 Å². The highest BCUT2D eigenvalue weighted by Crippen LogP contribution is 2.40. The summed E-state index contributed by atoms with van der Waals surface area (Å²) in [6, 6.07) is 5.42. The molecule has 2 atom stereocenters. The lowest BCUT2D eigenvalue weighted by molar-refractivity contribution is -0.121. The molecule has 3 heterocycles. The summed E-state index contributed by atoms with van der Waals surface area (Å²) in [6.07, 6.45) is 0. The van der Waals surface area contributed by atoms with Crippen LogP contribution in [-0.2, 0) is 25.9 Å². The molecular formula is C16H18N2O6S2. The van der Waals surface area contributed by atoms with Crippen LogP contribution in [0.2, 0.25) is 0 Å². The number of rotatable bonds is 4. The number of carbonyl (C=O) groups excluding carboxylic acids is 1. The molecule has 0 unspecified atom stereocenters. The molecule has 0 radical (unpaired) electrons. The van der Waals surface area contributed by atoms with Crippen molar-refractivity contribution in [1.82, 2.24) is 4.90 Å². The molecule has 26 heavy (non-hydrogen) atoms. The SMILES string of the molecule is COCC(=O)N=C1S[C@@H]2CS(=O)(=O)C[C@@H]2N1Cc1ccc2c(c1)OCO2. The third-order valence-electron chi connectivity index (χ3n) is 4.45. The monoisotopic (exact) mass is 398 g/mol. The molecule has 1 aromatic carbocycles. The van der Waals surface area contributed by atoms with Crippen molar-refractivity contribution in [2.75, 3.05) is 32.0 Å². The molecule has 1 aromatic rings. The Morgan fingerprint density at radius 2 is 2.15 bits per heavy atom. The van der Waals surface area contributed by atoms with Gasteiger partial charge in [0.05, 0.1) is 17.5 Å². The highest BCUT2D eigenvalue weighted by Gasteiger charge is 2.48. The van der Waals surface area contributed by atoms with Gasteiger partial charge in [-0.25, -0.2) is 8.42 Å². The second-order valence-corrected chi connectivity index (χ2v) is 9.70. The van der Waals surface area contributed by atoms with Gasteiger partial charge in [-0.3, -0.25) is 4.79 Å². The van der Waals surface area contributed by atoms with Gasteiger partial charge in [0, 0.05) is 18.9 Å². The van der Waals surface area contributed by atoms with Gasteiger partial charge in [-0.15, -0.1) is 0 Å². The number of nitrogens with zero attached hydrogens (tertiary/aromatic N) is 2. The third-order valence-corrected chi connectivity index (χ3v) is 7.70. The van der Waals surface area contributed by atoms with E-state index >= 15 is 0 Å². The molecule has 0 aromatic heterocycles. The zero-order valence-electron chi connectivity index (χ0n) is 14.1. The quantitative estimate of drug-likeness (QED) is 0.730. The molecule has 0 bridgehead atoms. The molecule has 1 amide bonds. The molecule has 0 saturated carbocycles. The van der Waals surface area contributed by atoms with E-state index in [4.69, 9.17) is 14.2 Å². The number of amidine groups is 1. The normalized spacial score (nSPS) is 27.1. The molecule has 0 spiro atoms. The number of aliphatic imine (C=N–C) groups is 1. The molecule has 2 fully saturated rings. The Morgan fingerprint density at radius 1 is 1.35 bits per heavy atom. The van der Waals surface area contributed by atoms with Crippen LogP contribution in [0.4, 0.5) is 0 Å². The second kappa shape index (κ2) is 6.75. The van der Waals surface area contributed by atoms with Gasteiger partial charge in [-0.1, -0.05) is 17.8 Å². The molecule has 0 N–H and O–H groups in total. The number of carbonyl (C=O) groups is 1. The summed E-state index contributed by atoms with van der Waals surface area (Å²) in [6.45, 7) is 0.536. The number of ether oxygens (including phenoxy) is 3. The number of fused-ring (bicyclic) bond motifs is 2. The molecule has 3 aliphatic rings. The highest BCUT2D eigenvalue weighted by atomic mass is 32.2. The fourth-order valence-corrected chi connectivity index (χ4v) is 7.29. The molecule has 3 aliphatic heterocycles. The van der Waals surface area contributed by atoms with E-state index in [0.717, 1.165) is 5.56 Å². The molecule has 2 saturated heterocycles. The van der Waals surface area contributed by atoms with Crippen molar-refractivity contribution >= 4 is 32.7 Å². The lowest BCUT2D eigenvalue weighted by atomic mass is 10.1. The summed E-state index contributed by atoms with van der Waals surface area (Å²) in [5, 5.41) is 0.442. The van der Waals surface area contributed by atoms with Gasteiger partial charge in [0.1, 0.15) is 6.61 Å². The summed E-state index contributed by atoms with van der Waals surface area (Å²) in [5.74, 6) is 1.16. The Labute approximate surface area is 155 Å². The van der Waals surface area contributed by atoms with E-state index in [9.17, 15) is 13.2 Å². The molecule has 8 nitrogen and oxygen atoms in total. The first-order valence-electron chi connectivity index (χ1n) is 8.08. The molecule has 10 heteroatoms. The van der Waals surface area contributed by atoms with Crippen molar-refractivity contribution in [3.8, 4) is 11.5 Å². The predicted molar refractivity (Wildman–Crippen MR) is 96.2 cm³/mol. The van der Waals surface area contributed by atoms with Gasteiger partial charge in [-0.05, 0) is 17.7 Å². The van der Waals surface area contributed by atoms with Crippen LogP contribution in [0.25, 0.3) is 0 Å². The minimum atomic E-state index is -3.07. The number of hydrogen-bond donors (Lipinski definition) is 0. The zero-order valence-corrected chi connectivity index (χ0v) is 15.7. The number of benzene rings is 1. The molecule has 0 aliphatic carbocycles. The maximum Gasteiger partial charge on any atom is 0.274 e. The fourth-order valence-electron chi connectivity index (χ4n) is 3.32. The van der Waals surface area contributed by atoms with Gasteiger partial charge in [0.2, 0.25) is 6.79 Å². The smallest absolute Gasteiger partial charge is 0.274 e. The second-order valence-electron chi connectivity index (χ2n) is 6.34.